The van der Waals surface area contributed by atoms with E-state index in [1.807, 2.05) is 73.6 Å². The van der Waals surface area contributed by atoms with Crippen molar-refractivity contribution < 1.29 is 19.1 Å². The normalized spacial score (nSPS) is 11.2. The summed E-state index contributed by atoms with van der Waals surface area (Å²) in [7, 11) is 5.16. The maximum atomic E-state index is 11.8. The number of hydrogen-bond donors (Lipinski definition) is 1. The lowest BCUT2D eigenvalue weighted by Crippen LogP contribution is -2.37. The summed E-state index contributed by atoms with van der Waals surface area (Å²) in [5.74, 6) is 5.92. The van der Waals surface area contributed by atoms with Crippen LogP contribution in [0.1, 0.15) is 29.5 Å². The van der Waals surface area contributed by atoms with Crippen LogP contribution in [0.2, 0.25) is 0 Å². The molecule has 0 radical (unpaired) electrons. The smallest absolute Gasteiger partial charge is 0.407 e. The number of hydrogen-bond acceptors (Lipinski definition) is 5. The molecule has 0 saturated carbocycles. The van der Waals surface area contributed by atoms with E-state index < -0.39 is 6.09 Å². The van der Waals surface area contributed by atoms with Crippen molar-refractivity contribution in [1.82, 2.24) is 10.2 Å². The molecule has 2 aromatic rings. The molecule has 0 heterocycles. The Hall–Kier alpha value is -3.30. The number of likely N-dealkylation sites (N-methyl/N-ethyl adjacent to an activating group) is 1. The van der Waals surface area contributed by atoms with Crippen molar-refractivity contribution in [3.63, 3.8) is 0 Å². The zero-order valence-electron chi connectivity index (χ0n) is 18.4. The van der Waals surface area contributed by atoms with Gasteiger partial charge >= 0.3 is 12.1 Å². The second-order valence-electron chi connectivity index (χ2n) is 7.28. The molecule has 6 nitrogen and oxygen atoms in total. The van der Waals surface area contributed by atoms with Gasteiger partial charge in [-0.2, -0.15) is 0 Å². The number of nitrogens with one attached hydrogen (secondary N) is 1. The molecule has 0 aliphatic heterocycles. The van der Waals surface area contributed by atoms with Crippen molar-refractivity contribution in [2.75, 3.05) is 27.7 Å². The summed E-state index contributed by atoms with van der Waals surface area (Å²) in [6.45, 7) is 0.678. The molecule has 31 heavy (non-hydrogen) atoms. The van der Waals surface area contributed by atoms with Crippen LogP contribution in [-0.2, 0) is 27.3 Å². The Balaban J connectivity index is 1.69. The minimum atomic E-state index is -0.446. The first kappa shape index (κ1) is 24.0. The Morgan fingerprint density at radius 1 is 1.03 bits per heavy atom. The van der Waals surface area contributed by atoms with Crippen molar-refractivity contribution >= 4 is 12.1 Å². The van der Waals surface area contributed by atoms with Gasteiger partial charge in [0.15, 0.2) is 0 Å². The number of carbonyl (C=O) groups excluding carboxylic acids is 2. The molecule has 0 aromatic heterocycles. The molecule has 1 atom stereocenters. The summed E-state index contributed by atoms with van der Waals surface area (Å²) in [6, 6.07) is 17.3. The average molecular weight is 423 g/mol. The maximum absolute atomic E-state index is 11.8. The molecule has 0 fully saturated rings. The largest absolute Gasteiger partial charge is 0.468 e. The number of aryl methyl sites for hydroxylation is 1. The number of methoxy groups -OCH3 is 1. The summed E-state index contributed by atoms with van der Waals surface area (Å²) in [5, 5.41) is 2.69. The quantitative estimate of drug-likeness (QED) is 0.381. The first-order chi connectivity index (χ1) is 15.0. The number of alkyl carbamates (subject to hydrolysis) is 1. The number of esters is 1. The minimum Gasteiger partial charge on any atom is -0.468 e. The molecule has 0 unspecified atom stereocenters. The second kappa shape index (κ2) is 13.1. The third-order valence-corrected chi connectivity index (χ3v) is 4.72. The fraction of sp³-hybridized carbons (Fsp3) is 0.360. The molecule has 0 bridgehead atoms. The van der Waals surface area contributed by atoms with Crippen LogP contribution in [0.4, 0.5) is 4.79 Å². The van der Waals surface area contributed by atoms with Crippen molar-refractivity contribution in [3.05, 3.63) is 71.3 Å². The predicted molar refractivity (Wildman–Crippen MR) is 120 cm³/mol. The summed E-state index contributed by atoms with van der Waals surface area (Å²) >= 11 is 0. The van der Waals surface area contributed by atoms with Gasteiger partial charge < -0.3 is 14.8 Å². The van der Waals surface area contributed by atoms with E-state index in [1.165, 1.54) is 7.11 Å². The highest BCUT2D eigenvalue weighted by molar-refractivity contribution is 5.75. The van der Waals surface area contributed by atoms with Gasteiger partial charge in [0.25, 0.3) is 0 Å². The van der Waals surface area contributed by atoms with Gasteiger partial charge in [0.1, 0.15) is 12.6 Å². The maximum Gasteiger partial charge on any atom is 0.407 e. The van der Waals surface area contributed by atoms with E-state index in [0.717, 1.165) is 23.1 Å². The standard InChI is InChI=1S/C25H30N2O4/c1-27(2)23(24(28)30-3)17-16-21-14-12-20(13-15-21)9-7-8-18-26-25(29)31-19-22-10-5-4-6-11-22/h4-6,10-15,23H,8,16-19H2,1-3H3,(H,26,29)/t23-/m0/s1. The van der Waals surface area contributed by atoms with Gasteiger partial charge in [0.05, 0.1) is 7.11 Å². The van der Waals surface area contributed by atoms with E-state index in [1.54, 1.807) is 0 Å². The van der Waals surface area contributed by atoms with Gasteiger partial charge in [-0.3, -0.25) is 9.69 Å². The molecule has 1 amide bonds. The third kappa shape index (κ3) is 8.93. The first-order valence-corrected chi connectivity index (χ1v) is 10.3. The summed E-state index contributed by atoms with van der Waals surface area (Å²) in [5.41, 5.74) is 3.00. The Morgan fingerprint density at radius 3 is 2.39 bits per heavy atom. The van der Waals surface area contributed by atoms with Crippen LogP contribution in [0, 0.1) is 11.8 Å². The summed E-state index contributed by atoms with van der Waals surface area (Å²) in [4.78, 5) is 25.4. The lowest BCUT2D eigenvalue weighted by molar-refractivity contribution is -0.146. The van der Waals surface area contributed by atoms with Gasteiger partial charge in [-0.15, -0.1) is 0 Å². The Kier molecular flexibility index (Phi) is 10.1. The summed E-state index contributed by atoms with van der Waals surface area (Å²) in [6.07, 6.45) is 1.56. The van der Waals surface area contributed by atoms with Crippen LogP contribution in [0.15, 0.2) is 54.6 Å². The molecular weight excluding hydrogens is 392 g/mol. The van der Waals surface area contributed by atoms with Gasteiger partial charge in [-0.1, -0.05) is 54.3 Å². The minimum absolute atomic E-state index is 0.218. The van der Waals surface area contributed by atoms with Crippen LogP contribution in [0.3, 0.4) is 0 Å². The Bertz CT molecular complexity index is 883. The van der Waals surface area contributed by atoms with E-state index >= 15 is 0 Å². The van der Waals surface area contributed by atoms with E-state index in [0.29, 0.717) is 19.4 Å². The molecule has 164 valence electrons. The summed E-state index contributed by atoms with van der Waals surface area (Å²) < 4.78 is 10.0. The van der Waals surface area contributed by atoms with Crippen LogP contribution in [0.25, 0.3) is 0 Å². The lowest BCUT2D eigenvalue weighted by Gasteiger charge is -2.21. The Labute approximate surface area is 184 Å². The highest BCUT2D eigenvalue weighted by Crippen LogP contribution is 2.11. The first-order valence-electron chi connectivity index (χ1n) is 10.3. The molecule has 0 aliphatic carbocycles. The molecular formula is C25H30N2O4. The van der Waals surface area contributed by atoms with Crippen LogP contribution >= 0.6 is 0 Å². The van der Waals surface area contributed by atoms with Crippen LogP contribution in [0.5, 0.6) is 0 Å². The zero-order valence-corrected chi connectivity index (χ0v) is 18.4. The molecule has 0 spiro atoms. The SMILES string of the molecule is COC(=O)[C@H](CCc1ccc(C#CCCNC(=O)OCc2ccccc2)cc1)N(C)C. The second-order valence-corrected chi connectivity index (χ2v) is 7.28. The average Bonchev–Trinajstić information content (AvgIpc) is 2.78. The monoisotopic (exact) mass is 422 g/mol. The third-order valence-electron chi connectivity index (χ3n) is 4.72. The predicted octanol–water partition coefficient (Wildman–Crippen LogP) is 3.39. The van der Waals surface area contributed by atoms with E-state index in [4.69, 9.17) is 9.47 Å². The highest BCUT2D eigenvalue weighted by Gasteiger charge is 2.20. The molecule has 2 rings (SSSR count). The van der Waals surface area contributed by atoms with Gasteiger partial charge in [0.2, 0.25) is 0 Å². The molecule has 2 aromatic carbocycles. The van der Waals surface area contributed by atoms with Crippen molar-refractivity contribution in [2.45, 2.75) is 31.9 Å². The molecule has 0 aliphatic rings. The van der Waals surface area contributed by atoms with Crippen molar-refractivity contribution in [3.8, 4) is 11.8 Å². The van der Waals surface area contributed by atoms with Crippen LogP contribution < -0.4 is 5.32 Å². The van der Waals surface area contributed by atoms with Gasteiger partial charge in [0, 0.05) is 18.5 Å². The zero-order chi connectivity index (χ0) is 22.5. The number of ether oxygens (including phenoxy) is 2. The Morgan fingerprint density at radius 2 is 1.74 bits per heavy atom. The number of amides is 1. The van der Waals surface area contributed by atoms with E-state index in [2.05, 4.69) is 17.2 Å². The molecule has 0 saturated heterocycles. The van der Waals surface area contributed by atoms with E-state index in [9.17, 15) is 9.59 Å². The molecule has 6 heteroatoms. The topological polar surface area (TPSA) is 67.9 Å². The van der Waals surface area contributed by atoms with Crippen LogP contribution in [-0.4, -0.2) is 50.8 Å². The highest BCUT2D eigenvalue weighted by atomic mass is 16.5. The number of nitrogens with zero attached hydrogens (tertiary/aromatic N) is 1. The molecule has 1 N–H and O–H groups in total. The van der Waals surface area contributed by atoms with Gasteiger partial charge in [-0.25, -0.2) is 4.79 Å². The number of benzene rings is 2. The lowest BCUT2D eigenvalue weighted by atomic mass is 10.0. The van der Waals surface area contributed by atoms with E-state index in [-0.39, 0.29) is 18.6 Å². The van der Waals surface area contributed by atoms with Crippen molar-refractivity contribution in [2.24, 2.45) is 0 Å². The fourth-order valence-corrected chi connectivity index (χ4v) is 2.95. The fourth-order valence-electron chi connectivity index (χ4n) is 2.95. The van der Waals surface area contributed by atoms with Crippen molar-refractivity contribution in [1.29, 1.82) is 0 Å². The van der Waals surface area contributed by atoms with Gasteiger partial charge in [-0.05, 0) is 50.2 Å². The number of rotatable bonds is 9. The number of carbonyl (C=O) groups is 2.